The van der Waals surface area contributed by atoms with Gasteiger partial charge in [0.15, 0.2) is 5.82 Å². The molecule has 0 saturated carbocycles. The SMILES string of the molecule is COCc1nc(N)cc(NCC2(O)CCOC2C)n1. The lowest BCUT2D eigenvalue weighted by Crippen LogP contribution is -2.43. The van der Waals surface area contributed by atoms with Gasteiger partial charge in [-0.1, -0.05) is 0 Å². The second-order valence-electron chi connectivity index (χ2n) is 4.75. The summed E-state index contributed by atoms with van der Waals surface area (Å²) in [7, 11) is 1.57. The Morgan fingerprint density at radius 1 is 1.63 bits per heavy atom. The van der Waals surface area contributed by atoms with Crippen molar-refractivity contribution in [2.75, 3.05) is 31.3 Å². The minimum absolute atomic E-state index is 0.197. The van der Waals surface area contributed by atoms with Crippen molar-refractivity contribution in [3.05, 3.63) is 11.9 Å². The first kappa shape index (κ1) is 14.0. The number of ether oxygens (including phenoxy) is 2. The Hall–Kier alpha value is -1.44. The molecule has 0 amide bonds. The molecule has 2 heterocycles. The van der Waals surface area contributed by atoms with Crippen molar-refractivity contribution in [3.8, 4) is 0 Å². The summed E-state index contributed by atoms with van der Waals surface area (Å²) in [4.78, 5) is 8.31. The maximum Gasteiger partial charge on any atom is 0.158 e. The van der Waals surface area contributed by atoms with E-state index in [1.807, 2.05) is 6.92 Å². The number of nitrogens with two attached hydrogens (primary N) is 1. The first-order chi connectivity index (χ1) is 9.03. The topological polar surface area (TPSA) is 103 Å². The predicted molar refractivity (Wildman–Crippen MR) is 70.6 cm³/mol. The molecule has 106 valence electrons. The van der Waals surface area contributed by atoms with Crippen LogP contribution < -0.4 is 11.1 Å². The predicted octanol–water partition coefficient (Wildman–Crippen LogP) is 0.157. The lowest BCUT2D eigenvalue weighted by atomic mass is 9.97. The molecular formula is C12H20N4O3. The van der Waals surface area contributed by atoms with Crippen molar-refractivity contribution in [3.63, 3.8) is 0 Å². The van der Waals surface area contributed by atoms with Crippen molar-refractivity contribution in [1.29, 1.82) is 0 Å². The van der Waals surface area contributed by atoms with E-state index in [1.54, 1.807) is 13.2 Å². The summed E-state index contributed by atoms with van der Waals surface area (Å²) >= 11 is 0. The van der Waals surface area contributed by atoms with Gasteiger partial charge >= 0.3 is 0 Å². The van der Waals surface area contributed by atoms with E-state index >= 15 is 0 Å². The number of nitrogen functional groups attached to an aromatic ring is 1. The molecule has 0 bridgehead atoms. The molecule has 1 aromatic rings. The molecule has 7 heteroatoms. The van der Waals surface area contributed by atoms with Crippen LogP contribution in [0.25, 0.3) is 0 Å². The lowest BCUT2D eigenvalue weighted by Gasteiger charge is -2.26. The molecular weight excluding hydrogens is 248 g/mol. The summed E-state index contributed by atoms with van der Waals surface area (Å²) < 4.78 is 10.4. The largest absolute Gasteiger partial charge is 0.385 e. The van der Waals surface area contributed by atoms with Crippen LogP contribution in [-0.4, -0.2) is 47.0 Å². The molecule has 1 aliphatic heterocycles. The van der Waals surface area contributed by atoms with Crippen LogP contribution >= 0.6 is 0 Å². The average molecular weight is 268 g/mol. The van der Waals surface area contributed by atoms with Gasteiger partial charge in [-0.3, -0.25) is 0 Å². The number of nitrogens with zero attached hydrogens (tertiary/aromatic N) is 2. The standard InChI is InChI=1S/C12H20N4O3/c1-8-12(17,3-4-19-8)7-14-10-5-9(13)15-11(16-10)6-18-2/h5,8,17H,3-4,6-7H2,1-2H3,(H3,13,14,15,16). The van der Waals surface area contributed by atoms with Crippen LogP contribution in [0.1, 0.15) is 19.2 Å². The van der Waals surface area contributed by atoms with Crippen LogP contribution in [0.4, 0.5) is 11.6 Å². The van der Waals surface area contributed by atoms with Gasteiger partial charge in [-0.25, -0.2) is 9.97 Å². The van der Waals surface area contributed by atoms with Gasteiger partial charge in [-0.05, 0) is 6.92 Å². The maximum atomic E-state index is 10.4. The zero-order chi connectivity index (χ0) is 13.9. The first-order valence-corrected chi connectivity index (χ1v) is 6.24. The molecule has 0 aromatic carbocycles. The van der Waals surface area contributed by atoms with E-state index in [-0.39, 0.29) is 6.10 Å². The van der Waals surface area contributed by atoms with Gasteiger partial charge in [0.25, 0.3) is 0 Å². The van der Waals surface area contributed by atoms with Crippen molar-refractivity contribution in [2.24, 2.45) is 0 Å². The number of anilines is 2. The fourth-order valence-electron chi connectivity index (χ4n) is 2.05. The number of hydrogen-bond donors (Lipinski definition) is 3. The summed E-state index contributed by atoms with van der Waals surface area (Å²) in [6, 6.07) is 1.63. The van der Waals surface area contributed by atoms with E-state index in [0.717, 1.165) is 0 Å². The molecule has 19 heavy (non-hydrogen) atoms. The third-order valence-corrected chi connectivity index (χ3v) is 3.30. The van der Waals surface area contributed by atoms with Crippen LogP contribution in [0.3, 0.4) is 0 Å². The summed E-state index contributed by atoms with van der Waals surface area (Å²) in [5, 5.41) is 13.5. The molecule has 1 aromatic heterocycles. The zero-order valence-corrected chi connectivity index (χ0v) is 11.2. The molecule has 2 atom stereocenters. The van der Waals surface area contributed by atoms with Crippen LogP contribution in [0.15, 0.2) is 6.07 Å². The smallest absolute Gasteiger partial charge is 0.158 e. The maximum absolute atomic E-state index is 10.4. The minimum atomic E-state index is -0.874. The van der Waals surface area contributed by atoms with Crippen LogP contribution in [0, 0.1) is 0 Å². The van der Waals surface area contributed by atoms with E-state index in [2.05, 4.69) is 15.3 Å². The molecule has 2 unspecified atom stereocenters. The Morgan fingerprint density at radius 3 is 3.05 bits per heavy atom. The molecule has 7 nitrogen and oxygen atoms in total. The van der Waals surface area contributed by atoms with E-state index in [0.29, 0.717) is 43.6 Å². The van der Waals surface area contributed by atoms with Gasteiger partial charge in [-0.15, -0.1) is 0 Å². The number of nitrogens with one attached hydrogen (secondary N) is 1. The van der Waals surface area contributed by atoms with E-state index < -0.39 is 5.60 Å². The van der Waals surface area contributed by atoms with Crippen molar-refractivity contribution in [1.82, 2.24) is 9.97 Å². The fraction of sp³-hybridized carbons (Fsp3) is 0.667. The molecule has 1 fully saturated rings. The molecule has 0 spiro atoms. The highest BCUT2D eigenvalue weighted by Gasteiger charge is 2.39. The highest BCUT2D eigenvalue weighted by molar-refractivity contribution is 5.44. The molecule has 4 N–H and O–H groups in total. The Bertz CT molecular complexity index is 443. The number of aromatic nitrogens is 2. The summed E-state index contributed by atoms with van der Waals surface area (Å²) in [6.45, 7) is 3.08. The Labute approximate surface area is 112 Å². The molecule has 0 radical (unpaired) electrons. The van der Waals surface area contributed by atoms with E-state index in [9.17, 15) is 5.11 Å². The highest BCUT2D eigenvalue weighted by atomic mass is 16.5. The van der Waals surface area contributed by atoms with Crippen LogP contribution in [0.5, 0.6) is 0 Å². The number of aliphatic hydroxyl groups is 1. The summed E-state index contributed by atoms with van der Waals surface area (Å²) in [5.41, 5.74) is 4.83. The van der Waals surface area contributed by atoms with Crippen LogP contribution in [0.2, 0.25) is 0 Å². The minimum Gasteiger partial charge on any atom is -0.385 e. The van der Waals surface area contributed by atoms with Gasteiger partial charge in [-0.2, -0.15) is 0 Å². The average Bonchev–Trinajstić information content (AvgIpc) is 2.68. The van der Waals surface area contributed by atoms with Crippen LogP contribution in [-0.2, 0) is 16.1 Å². The van der Waals surface area contributed by atoms with E-state index in [4.69, 9.17) is 15.2 Å². The zero-order valence-electron chi connectivity index (χ0n) is 11.2. The van der Waals surface area contributed by atoms with Gasteiger partial charge < -0.3 is 25.6 Å². The second kappa shape index (κ2) is 5.68. The second-order valence-corrected chi connectivity index (χ2v) is 4.75. The Morgan fingerprint density at radius 2 is 2.42 bits per heavy atom. The van der Waals surface area contributed by atoms with Gasteiger partial charge in [0.2, 0.25) is 0 Å². The first-order valence-electron chi connectivity index (χ1n) is 6.24. The van der Waals surface area contributed by atoms with Crippen molar-refractivity contribution < 1.29 is 14.6 Å². The normalized spacial score (nSPS) is 26.6. The fourth-order valence-corrected chi connectivity index (χ4v) is 2.05. The number of methoxy groups -OCH3 is 1. The number of hydrogen-bond acceptors (Lipinski definition) is 7. The summed E-state index contributed by atoms with van der Waals surface area (Å²) in [6.07, 6.45) is 0.407. The van der Waals surface area contributed by atoms with Gasteiger partial charge in [0.1, 0.15) is 23.8 Å². The monoisotopic (exact) mass is 268 g/mol. The molecule has 1 aliphatic rings. The number of rotatable bonds is 5. The Kier molecular flexibility index (Phi) is 4.18. The van der Waals surface area contributed by atoms with Gasteiger partial charge in [0.05, 0.1) is 6.10 Å². The molecule has 2 rings (SSSR count). The lowest BCUT2D eigenvalue weighted by molar-refractivity contribution is -0.0176. The quantitative estimate of drug-likeness (QED) is 0.698. The van der Waals surface area contributed by atoms with Gasteiger partial charge in [0, 0.05) is 32.7 Å². The molecule has 0 aliphatic carbocycles. The summed E-state index contributed by atoms with van der Waals surface area (Å²) in [5.74, 6) is 1.45. The van der Waals surface area contributed by atoms with E-state index in [1.165, 1.54) is 0 Å². The molecule has 1 saturated heterocycles. The highest BCUT2D eigenvalue weighted by Crippen LogP contribution is 2.26. The third kappa shape index (κ3) is 3.31. The van der Waals surface area contributed by atoms with Crippen molar-refractivity contribution >= 4 is 11.6 Å². The third-order valence-electron chi connectivity index (χ3n) is 3.30. The Balaban J connectivity index is 2.03. The van der Waals surface area contributed by atoms with Crippen molar-refractivity contribution in [2.45, 2.75) is 31.7 Å².